The van der Waals surface area contributed by atoms with Gasteiger partial charge in [0.2, 0.25) is 5.91 Å². The van der Waals surface area contributed by atoms with Crippen molar-refractivity contribution in [3.05, 3.63) is 65.7 Å². The lowest BCUT2D eigenvalue weighted by Gasteiger charge is -2.30. The minimum atomic E-state index is -0.683. The molecule has 0 aliphatic carbocycles. The second kappa shape index (κ2) is 8.69. The van der Waals surface area contributed by atoms with Gasteiger partial charge < -0.3 is 10.2 Å². The van der Waals surface area contributed by atoms with E-state index in [4.69, 9.17) is 12.2 Å². The summed E-state index contributed by atoms with van der Waals surface area (Å²) in [5, 5.41) is 13.2. The number of halogens is 1. The molecular formula is C23H18FN5O2S. The highest BCUT2D eigenvalue weighted by atomic mass is 32.1. The quantitative estimate of drug-likeness (QED) is 0.618. The predicted molar refractivity (Wildman–Crippen MR) is 123 cm³/mol. The van der Waals surface area contributed by atoms with Crippen LogP contribution in [0.25, 0.3) is 10.8 Å². The summed E-state index contributed by atoms with van der Waals surface area (Å²) in [4.78, 5) is 32.1. The second-order valence-electron chi connectivity index (χ2n) is 7.16. The third-order valence-electron chi connectivity index (χ3n) is 5.30. The molecule has 1 aromatic heterocycles. The van der Waals surface area contributed by atoms with E-state index in [-0.39, 0.29) is 28.7 Å². The number of rotatable bonds is 3. The van der Waals surface area contributed by atoms with E-state index in [0.29, 0.717) is 35.1 Å². The number of thiocarbonyl (C=S) groups is 1. The van der Waals surface area contributed by atoms with E-state index in [2.05, 4.69) is 16.4 Å². The molecule has 1 aliphatic heterocycles. The van der Waals surface area contributed by atoms with Crippen LogP contribution in [-0.4, -0.2) is 35.5 Å². The van der Waals surface area contributed by atoms with Crippen molar-refractivity contribution < 1.29 is 14.0 Å². The highest BCUT2D eigenvalue weighted by Gasteiger charge is 2.31. The second-order valence-corrected chi connectivity index (χ2v) is 7.52. The number of hydrogen-bond acceptors (Lipinski definition) is 5. The Balaban J connectivity index is 1.80. The number of benzene rings is 2. The Morgan fingerprint density at radius 2 is 2.00 bits per heavy atom. The number of fused-ring (bicyclic) bond motifs is 1. The van der Waals surface area contributed by atoms with Crippen LogP contribution < -0.4 is 15.1 Å². The molecule has 4 rings (SSSR count). The molecule has 32 heavy (non-hydrogen) atoms. The van der Waals surface area contributed by atoms with Crippen molar-refractivity contribution in [2.24, 2.45) is 0 Å². The smallest absolute Gasteiger partial charge is 0.253 e. The van der Waals surface area contributed by atoms with Crippen molar-refractivity contribution >= 4 is 51.3 Å². The van der Waals surface area contributed by atoms with E-state index in [9.17, 15) is 19.2 Å². The Bertz CT molecular complexity index is 1300. The van der Waals surface area contributed by atoms with Crippen molar-refractivity contribution in [1.29, 1.82) is 5.26 Å². The molecule has 2 aromatic carbocycles. The zero-order chi connectivity index (χ0) is 22.8. The summed E-state index contributed by atoms with van der Waals surface area (Å²) < 4.78 is 14.6. The molecule has 1 aliphatic rings. The average molecular weight is 447 g/mol. The highest BCUT2D eigenvalue weighted by molar-refractivity contribution is 7.81. The minimum absolute atomic E-state index is 0.0767. The molecule has 0 atom stereocenters. The number of anilines is 2. The Morgan fingerprint density at radius 1 is 1.25 bits per heavy atom. The lowest BCUT2D eigenvalue weighted by molar-refractivity contribution is -0.117. The first-order valence-electron chi connectivity index (χ1n) is 9.90. The molecule has 7 nitrogen and oxygen atoms in total. The van der Waals surface area contributed by atoms with Gasteiger partial charge in [0.25, 0.3) is 5.91 Å². The van der Waals surface area contributed by atoms with Gasteiger partial charge in [-0.1, -0.05) is 24.3 Å². The summed E-state index contributed by atoms with van der Waals surface area (Å²) in [6.07, 6.45) is 2.21. The van der Waals surface area contributed by atoms with Crippen LogP contribution in [-0.2, 0) is 4.79 Å². The van der Waals surface area contributed by atoms with Crippen LogP contribution in [0.1, 0.15) is 28.9 Å². The molecule has 1 fully saturated rings. The van der Waals surface area contributed by atoms with E-state index >= 15 is 0 Å². The van der Waals surface area contributed by atoms with E-state index in [0.717, 1.165) is 0 Å². The van der Waals surface area contributed by atoms with Gasteiger partial charge >= 0.3 is 0 Å². The lowest BCUT2D eigenvalue weighted by atomic mass is 10.1. The Kier molecular flexibility index (Phi) is 5.79. The summed E-state index contributed by atoms with van der Waals surface area (Å²) in [5.41, 5.74) is 1.07. The number of nitrogens with zero attached hydrogens (tertiary/aromatic N) is 4. The normalized spacial score (nSPS) is 14.3. The van der Waals surface area contributed by atoms with Gasteiger partial charge in [-0.2, -0.15) is 5.26 Å². The van der Waals surface area contributed by atoms with Gasteiger partial charge in [0.1, 0.15) is 17.6 Å². The SMILES string of the molecule is CNC(=O)c1ccc(N2CCCC(=O)N(c3cnc(C#N)c4ccccc34)C2=S)cc1F. The first kappa shape index (κ1) is 21.3. The maximum Gasteiger partial charge on any atom is 0.253 e. The molecule has 1 N–H and O–H groups in total. The van der Waals surface area contributed by atoms with Gasteiger partial charge in [-0.05, 0) is 36.8 Å². The van der Waals surface area contributed by atoms with E-state index in [1.165, 1.54) is 30.3 Å². The minimum Gasteiger partial charge on any atom is -0.355 e. The molecule has 0 saturated carbocycles. The topological polar surface area (TPSA) is 89.3 Å². The summed E-state index contributed by atoms with van der Waals surface area (Å²) in [6, 6.07) is 13.5. The number of nitriles is 1. The zero-order valence-corrected chi connectivity index (χ0v) is 17.9. The van der Waals surface area contributed by atoms with Crippen LogP contribution in [0.4, 0.5) is 15.8 Å². The molecule has 0 radical (unpaired) electrons. The summed E-state index contributed by atoms with van der Waals surface area (Å²) in [6.45, 7) is 0.404. The number of carbonyl (C=O) groups excluding carboxylic acids is 2. The van der Waals surface area contributed by atoms with E-state index in [1.54, 1.807) is 29.2 Å². The molecule has 0 spiro atoms. The molecule has 1 saturated heterocycles. The maximum absolute atomic E-state index is 14.6. The highest BCUT2D eigenvalue weighted by Crippen LogP contribution is 2.32. The fourth-order valence-electron chi connectivity index (χ4n) is 3.74. The van der Waals surface area contributed by atoms with Crippen molar-refractivity contribution in [1.82, 2.24) is 10.3 Å². The number of hydrogen-bond donors (Lipinski definition) is 1. The molecule has 0 unspecified atom stereocenters. The van der Waals surface area contributed by atoms with Gasteiger partial charge in [-0.15, -0.1) is 0 Å². The Hall–Kier alpha value is -3.90. The standard InChI is InChI=1S/C23H18FN5O2S/c1-26-22(31)17-9-8-14(11-18(17)24)28-10-4-7-21(30)29(23(28)32)20-13-27-19(12-25)15-5-2-3-6-16(15)20/h2-3,5-6,8-9,11,13H,4,7,10H2,1H3,(H,26,31). The van der Waals surface area contributed by atoms with Gasteiger partial charge in [-0.25, -0.2) is 9.37 Å². The van der Waals surface area contributed by atoms with Gasteiger partial charge in [0.15, 0.2) is 5.11 Å². The van der Waals surface area contributed by atoms with Gasteiger partial charge in [0.05, 0.1) is 17.4 Å². The molecule has 0 bridgehead atoms. The molecule has 9 heteroatoms. The molecule has 2 heterocycles. The van der Waals surface area contributed by atoms with Gasteiger partial charge in [-0.3, -0.25) is 14.5 Å². The molecule has 3 aromatic rings. The Labute approximate surface area is 189 Å². The largest absolute Gasteiger partial charge is 0.355 e. The van der Waals surface area contributed by atoms with E-state index < -0.39 is 11.7 Å². The number of amides is 2. The van der Waals surface area contributed by atoms with Crippen LogP contribution in [0.5, 0.6) is 0 Å². The maximum atomic E-state index is 14.6. The van der Waals surface area contributed by atoms with Gasteiger partial charge in [0, 0.05) is 36.5 Å². The third kappa shape index (κ3) is 3.65. The number of carbonyl (C=O) groups is 2. The van der Waals surface area contributed by atoms with Crippen molar-refractivity contribution in [3.8, 4) is 6.07 Å². The van der Waals surface area contributed by atoms with Crippen molar-refractivity contribution in [2.75, 3.05) is 23.4 Å². The van der Waals surface area contributed by atoms with Crippen LogP contribution in [0, 0.1) is 17.1 Å². The predicted octanol–water partition coefficient (Wildman–Crippen LogP) is 3.52. The fraction of sp³-hybridized carbons (Fsp3) is 0.174. The van der Waals surface area contributed by atoms with Crippen molar-refractivity contribution in [2.45, 2.75) is 12.8 Å². The fourth-order valence-corrected chi connectivity index (χ4v) is 4.13. The number of nitrogens with one attached hydrogen (secondary N) is 1. The summed E-state index contributed by atoms with van der Waals surface area (Å²) in [7, 11) is 1.43. The van der Waals surface area contributed by atoms with E-state index in [1.807, 2.05) is 6.07 Å². The first-order chi connectivity index (χ1) is 15.5. The first-order valence-corrected chi connectivity index (χ1v) is 10.3. The summed E-state index contributed by atoms with van der Waals surface area (Å²) >= 11 is 5.69. The third-order valence-corrected chi connectivity index (χ3v) is 5.70. The molecule has 160 valence electrons. The van der Waals surface area contributed by atoms with Crippen LogP contribution >= 0.6 is 12.2 Å². The lowest BCUT2D eigenvalue weighted by Crippen LogP contribution is -2.44. The van der Waals surface area contributed by atoms with Crippen LogP contribution in [0.3, 0.4) is 0 Å². The number of pyridine rings is 1. The molecular weight excluding hydrogens is 429 g/mol. The number of aromatic nitrogens is 1. The van der Waals surface area contributed by atoms with Crippen molar-refractivity contribution in [3.63, 3.8) is 0 Å². The summed E-state index contributed by atoms with van der Waals surface area (Å²) in [5.74, 6) is -1.42. The van der Waals surface area contributed by atoms with Crippen LogP contribution in [0.15, 0.2) is 48.7 Å². The Morgan fingerprint density at radius 3 is 2.69 bits per heavy atom. The zero-order valence-electron chi connectivity index (χ0n) is 17.1. The average Bonchev–Trinajstić information content (AvgIpc) is 2.95. The monoisotopic (exact) mass is 447 g/mol. The van der Waals surface area contributed by atoms with Crippen LogP contribution in [0.2, 0.25) is 0 Å². The molecule has 2 amide bonds.